The van der Waals surface area contributed by atoms with Gasteiger partial charge in [0.15, 0.2) is 4.90 Å². The first-order chi connectivity index (χ1) is 12.5. The number of sulfonamides is 1. The minimum atomic E-state index is -3.71. The molecule has 2 aliphatic heterocycles. The number of benzene rings is 1. The molecule has 3 rings (SSSR count). The van der Waals surface area contributed by atoms with Gasteiger partial charge in [-0.1, -0.05) is 0 Å². The third kappa shape index (κ3) is 3.63. The van der Waals surface area contributed by atoms with Gasteiger partial charge in [-0.3, -0.25) is 0 Å². The van der Waals surface area contributed by atoms with Crippen LogP contribution in [0.15, 0.2) is 17.0 Å². The molecule has 1 aromatic carbocycles. The van der Waals surface area contributed by atoms with Crippen molar-refractivity contribution in [3.05, 3.63) is 12.1 Å². The molecule has 1 aromatic rings. The van der Waals surface area contributed by atoms with Gasteiger partial charge in [-0.25, -0.2) is 8.42 Å². The Balaban J connectivity index is 1.84. The van der Waals surface area contributed by atoms with E-state index in [1.54, 1.807) is 16.4 Å². The molecule has 1 N–H and O–H groups in total. The summed E-state index contributed by atoms with van der Waals surface area (Å²) in [5.41, 5.74) is 0. The fourth-order valence-corrected chi connectivity index (χ4v) is 5.73. The van der Waals surface area contributed by atoms with Gasteiger partial charge in [-0.2, -0.15) is 4.31 Å². The zero-order valence-electron chi connectivity index (χ0n) is 15.7. The molecule has 2 aliphatic rings. The van der Waals surface area contributed by atoms with E-state index in [-0.39, 0.29) is 16.4 Å². The maximum absolute atomic E-state index is 13.3. The molecule has 0 aromatic heterocycles. The molecule has 7 nitrogen and oxygen atoms in total. The summed E-state index contributed by atoms with van der Waals surface area (Å²) in [5.74, 6) is 1.51. The van der Waals surface area contributed by atoms with Crippen LogP contribution in [0.1, 0.15) is 25.7 Å². The Labute approximate surface area is 155 Å². The molecule has 2 fully saturated rings. The Morgan fingerprint density at radius 2 is 1.62 bits per heavy atom. The lowest BCUT2D eigenvalue weighted by Crippen LogP contribution is -2.43. The Morgan fingerprint density at radius 1 is 1.00 bits per heavy atom. The third-order valence-electron chi connectivity index (χ3n) is 5.43. The molecule has 26 heavy (non-hydrogen) atoms. The average molecular weight is 384 g/mol. The first-order valence-electron chi connectivity index (χ1n) is 9.04. The fourth-order valence-electron chi connectivity index (χ4n) is 3.99. The molecule has 0 radical (unpaired) electrons. The van der Waals surface area contributed by atoms with Crippen molar-refractivity contribution in [3.8, 4) is 17.2 Å². The third-order valence-corrected chi connectivity index (χ3v) is 7.40. The van der Waals surface area contributed by atoms with Gasteiger partial charge in [-0.15, -0.1) is 0 Å². The van der Waals surface area contributed by atoms with Gasteiger partial charge in [0.05, 0.1) is 21.3 Å². The van der Waals surface area contributed by atoms with Crippen LogP contribution in [-0.2, 0) is 10.0 Å². The minimum Gasteiger partial charge on any atom is -0.496 e. The van der Waals surface area contributed by atoms with Crippen LogP contribution in [0, 0.1) is 5.92 Å². The van der Waals surface area contributed by atoms with Gasteiger partial charge < -0.3 is 19.5 Å². The highest BCUT2D eigenvalue weighted by atomic mass is 32.2. The zero-order chi connectivity index (χ0) is 18.7. The Hall–Kier alpha value is -1.51. The van der Waals surface area contributed by atoms with Crippen LogP contribution in [0.3, 0.4) is 0 Å². The van der Waals surface area contributed by atoms with Gasteiger partial charge in [0.2, 0.25) is 10.0 Å². The van der Waals surface area contributed by atoms with Crippen LogP contribution in [0.5, 0.6) is 17.2 Å². The van der Waals surface area contributed by atoms with Crippen molar-refractivity contribution in [2.45, 2.75) is 36.6 Å². The van der Waals surface area contributed by atoms with Crippen LogP contribution in [0.4, 0.5) is 0 Å². The quantitative estimate of drug-likeness (QED) is 0.807. The van der Waals surface area contributed by atoms with Crippen molar-refractivity contribution in [2.75, 3.05) is 41.0 Å². The van der Waals surface area contributed by atoms with Gasteiger partial charge in [-0.05, 0) is 38.1 Å². The first-order valence-corrected chi connectivity index (χ1v) is 10.5. The second-order valence-corrected chi connectivity index (χ2v) is 8.68. The maximum Gasteiger partial charge on any atom is 0.250 e. The molecule has 1 atom stereocenters. The van der Waals surface area contributed by atoms with E-state index in [4.69, 9.17) is 14.2 Å². The second-order valence-electron chi connectivity index (χ2n) is 6.81. The molecule has 0 bridgehead atoms. The molecular weight excluding hydrogens is 356 g/mol. The van der Waals surface area contributed by atoms with E-state index < -0.39 is 10.0 Å². The highest BCUT2D eigenvalue weighted by molar-refractivity contribution is 7.89. The summed E-state index contributed by atoms with van der Waals surface area (Å²) in [6.07, 6.45) is 4.15. The van der Waals surface area contributed by atoms with Crippen molar-refractivity contribution in [1.82, 2.24) is 9.62 Å². The highest BCUT2D eigenvalue weighted by Crippen LogP contribution is 2.40. The summed E-state index contributed by atoms with van der Waals surface area (Å²) in [5, 5.41) is 3.54. The summed E-state index contributed by atoms with van der Waals surface area (Å²) in [4.78, 5) is 0.0701. The number of hydrogen-bond acceptors (Lipinski definition) is 6. The van der Waals surface area contributed by atoms with Gasteiger partial charge in [0, 0.05) is 31.3 Å². The lowest BCUT2D eigenvalue weighted by molar-refractivity contribution is 0.233. The Bertz CT molecular complexity index is 698. The van der Waals surface area contributed by atoms with Crippen molar-refractivity contribution < 1.29 is 22.6 Å². The summed E-state index contributed by atoms with van der Waals surface area (Å²) in [7, 11) is 0.705. The molecular formula is C18H28N2O5S. The van der Waals surface area contributed by atoms with Crippen molar-refractivity contribution in [1.29, 1.82) is 0 Å². The molecule has 8 heteroatoms. The summed E-state index contributed by atoms with van der Waals surface area (Å²) in [6, 6.07) is 3.68. The van der Waals surface area contributed by atoms with Gasteiger partial charge >= 0.3 is 0 Å². The van der Waals surface area contributed by atoms with E-state index in [0.29, 0.717) is 30.8 Å². The van der Waals surface area contributed by atoms with E-state index >= 15 is 0 Å². The number of methoxy groups -OCH3 is 3. The number of nitrogens with zero attached hydrogens (tertiary/aromatic N) is 1. The van der Waals surface area contributed by atoms with Crippen molar-refractivity contribution in [3.63, 3.8) is 0 Å². The van der Waals surface area contributed by atoms with Crippen LogP contribution in [0.25, 0.3) is 0 Å². The van der Waals surface area contributed by atoms with E-state index in [2.05, 4.69) is 5.32 Å². The number of ether oxygens (including phenoxy) is 3. The van der Waals surface area contributed by atoms with E-state index in [1.807, 2.05) is 0 Å². The number of nitrogens with one attached hydrogen (secondary N) is 1. The van der Waals surface area contributed by atoms with E-state index in [9.17, 15) is 8.42 Å². The van der Waals surface area contributed by atoms with E-state index in [1.165, 1.54) is 34.2 Å². The maximum atomic E-state index is 13.3. The van der Waals surface area contributed by atoms with E-state index in [0.717, 1.165) is 19.4 Å². The predicted molar refractivity (Wildman–Crippen MR) is 98.6 cm³/mol. The summed E-state index contributed by atoms with van der Waals surface area (Å²) in [6.45, 7) is 2.11. The highest BCUT2D eigenvalue weighted by Gasteiger charge is 2.36. The average Bonchev–Trinajstić information content (AvgIpc) is 3.21. The molecule has 146 valence electrons. The first kappa shape index (κ1) is 19.3. The molecule has 1 unspecified atom stereocenters. The number of hydrogen-bond donors (Lipinski definition) is 1. The molecule has 0 aliphatic carbocycles. The lowest BCUT2D eigenvalue weighted by atomic mass is 9.89. The standard InChI is InChI=1S/C18H28N2O5S/c1-23-14-11-16(24-2)18(17(12-14)25-3)26(21,22)20-9-6-13(7-10-20)15-5-4-8-19-15/h11-13,15,19H,4-10H2,1-3H3. The summed E-state index contributed by atoms with van der Waals surface area (Å²) < 4.78 is 44.0. The van der Waals surface area contributed by atoms with Crippen LogP contribution in [-0.4, -0.2) is 59.7 Å². The van der Waals surface area contributed by atoms with Gasteiger partial charge in [0.25, 0.3) is 0 Å². The monoisotopic (exact) mass is 384 g/mol. The number of rotatable bonds is 6. The zero-order valence-corrected chi connectivity index (χ0v) is 16.5. The predicted octanol–water partition coefficient (Wildman–Crippen LogP) is 1.87. The Kier molecular flexibility index (Phi) is 5.94. The van der Waals surface area contributed by atoms with Crippen molar-refractivity contribution in [2.24, 2.45) is 5.92 Å². The topological polar surface area (TPSA) is 77.1 Å². The van der Waals surface area contributed by atoms with Crippen LogP contribution >= 0.6 is 0 Å². The summed E-state index contributed by atoms with van der Waals surface area (Å²) >= 11 is 0. The normalized spacial score (nSPS) is 22.3. The number of piperidine rings is 1. The lowest BCUT2D eigenvalue weighted by Gasteiger charge is -2.34. The SMILES string of the molecule is COc1cc(OC)c(S(=O)(=O)N2CCC(C3CCCN3)CC2)c(OC)c1. The Morgan fingerprint density at radius 3 is 2.08 bits per heavy atom. The van der Waals surface area contributed by atoms with Crippen LogP contribution < -0.4 is 19.5 Å². The molecule has 0 amide bonds. The molecule has 2 heterocycles. The fraction of sp³-hybridized carbons (Fsp3) is 0.667. The minimum absolute atomic E-state index is 0.0701. The smallest absolute Gasteiger partial charge is 0.250 e. The molecule has 0 spiro atoms. The van der Waals surface area contributed by atoms with Crippen LogP contribution in [0.2, 0.25) is 0 Å². The largest absolute Gasteiger partial charge is 0.496 e. The van der Waals surface area contributed by atoms with Crippen molar-refractivity contribution >= 4 is 10.0 Å². The van der Waals surface area contributed by atoms with Gasteiger partial charge in [0.1, 0.15) is 17.2 Å². The molecule has 0 saturated carbocycles. The molecule has 2 saturated heterocycles. The second kappa shape index (κ2) is 8.02.